The first-order valence-electron chi connectivity index (χ1n) is 10.3. The Hall–Kier alpha value is -2.62. The van der Waals surface area contributed by atoms with E-state index in [0.717, 1.165) is 0 Å². The van der Waals surface area contributed by atoms with Crippen LogP contribution in [0.25, 0.3) is 0 Å². The second-order valence-corrected chi connectivity index (χ2v) is 10.2. The molecule has 8 nitrogen and oxygen atoms in total. The highest BCUT2D eigenvalue weighted by Crippen LogP contribution is 2.29. The number of hydrogen-bond donors (Lipinski definition) is 0. The third kappa shape index (κ3) is 4.46. The molecule has 0 radical (unpaired) electrons. The molecule has 2 aromatic rings. The lowest BCUT2D eigenvalue weighted by Gasteiger charge is -2.35. The molecule has 0 saturated carbocycles. The SMILES string of the molecule is COc1cccc(N2CC(C(=O)N3CCN(S(=O)(=O)c4ccc(Cl)cc4)CC3)CC2=O)c1. The second kappa shape index (κ2) is 9.09. The minimum Gasteiger partial charge on any atom is -0.497 e. The van der Waals surface area contributed by atoms with Crippen LogP contribution in [-0.2, 0) is 19.6 Å². The van der Waals surface area contributed by atoms with E-state index in [0.29, 0.717) is 23.0 Å². The van der Waals surface area contributed by atoms with Crippen molar-refractivity contribution in [3.63, 3.8) is 0 Å². The van der Waals surface area contributed by atoms with E-state index in [-0.39, 0.29) is 49.3 Å². The van der Waals surface area contributed by atoms with Crippen molar-refractivity contribution in [2.24, 2.45) is 5.92 Å². The minimum absolute atomic E-state index is 0.111. The van der Waals surface area contributed by atoms with E-state index in [1.807, 2.05) is 6.07 Å². The van der Waals surface area contributed by atoms with Crippen molar-refractivity contribution < 1.29 is 22.7 Å². The summed E-state index contributed by atoms with van der Waals surface area (Å²) in [6.07, 6.45) is 0.138. The summed E-state index contributed by atoms with van der Waals surface area (Å²) in [5.41, 5.74) is 0.698. The summed E-state index contributed by atoms with van der Waals surface area (Å²) in [5, 5.41) is 0.466. The minimum atomic E-state index is -3.64. The number of carbonyl (C=O) groups excluding carboxylic acids is 2. The maximum Gasteiger partial charge on any atom is 0.243 e. The molecule has 1 unspecified atom stereocenters. The van der Waals surface area contributed by atoms with Crippen LogP contribution in [-0.4, -0.2) is 69.3 Å². The summed E-state index contributed by atoms with van der Waals surface area (Å²) in [6, 6.07) is 13.2. The highest BCUT2D eigenvalue weighted by atomic mass is 35.5. The fourth-order valence-electron chi connectivity index (χ4n) is 4.06. The molecule has 0 aromatic heterocycles. The molecule has 2 amide bonds. The van der Waals surface area contributed by atoms with Crippen molar-refractivity contribution in [3.8, 4) is 5.75 Å². The Morgan fingerprint density at radius 3 is 2.41 bits per heavy atom. The van der Waals surface area contributed by atoms with Gasteiger partial charge in [0.05, 0.1) is 17.9 Å². The molecule has 2 aliphatic rings. The lowest BCUT2D eigenvalue weighted by molar-refractivity contribution is -0.136. The first kappa shape index (κ1) is 22.6. The van der Waals surface area contributed by atoms with Gasteiger partial charge in [-0.1, -0.05) is 17.7 Å². The van der Waals surface area contributed by atoms with Crippen molar-refractivity contribution in [1.82, 2.24) is 9.21 Å². The number of anilines is 1. The van der Waals surface area contributed by atoms with Gasteiger partial charge in [0.15, 0.2) is 0 Å². The van der Waals surface area contributed by atoms with E-state index in [1.54, 1.807) is 47.2 Å². The molecule has 2 fully saturated rings. The zero-order chi connectivity index (χ0) is 22.9. The van der Waals surface area contributed by atoms with Gasteiger partial charge in [-0.2, -0.15) is 4.31 Å². The molecule has 2 saturated heterocycles. The van der Waals surface area contributed by atoms with Crippen molar-refractivity contribution in [2.45, 2.75) is 11.3 Å². The van der Waals surface area contributed by atoms with Crippen LogP contribution in [0, 0.1) is 5.92 Å². The predicted octanol–water partition coefficient (Wildman–Crippen LogP) is 2.23. The Kier molecular flexibility index (Phi) is 6.41. The molecule has 2 heterocycles. The molecule has 170 valence electrons. The quantitative estimate of drug-likeness (QED) is 0.659. The molecule has 1 atom stereocenters. The Morgan fingerprint density at radius 1 is 1.06 bits per heavy atom. The Labute approximate surface area is 192 Å². The highest BCUT2D eigenvalue weighted by molar-refractivity contribution is 7.89. The average Bonchev–Trinajstić information content (AvgIpc) is 3.20. The van der Waals surface area contributed by atoms with E-state index in [1.165, 1.54) is 16.4 Å². The lowest BCUT2D eigenvalue weighted by atomic mass is 10.1. The standard InChI is InChI=1S/C22H24ClN3O5S/c1-31-19-4-2-3-18(14-19)26-15-16(13-21(26)27)22(28)24-9-11-25(12-10-24)32(29,30)20-7-5-17(23)6-8-20/h2-8,14,16H,9-13,15H2,1H3. The average molecular weight is 478 g/mol. The van der Waals surface area contributed by atoms with Crippen LogP contribution >= 0.6 is 11.6 Å². The van der Waals surface area contributed by atoms with Gasteiger partial charge in [0.2, 0.25) is 21.8 Å². The largest absolute Gasteiger partial charge is 0.497 e. The number of amides is 2. The van der Waals surface area contributed by atoms with Crippen LogP contribution in [0.4, 0.5) is 5.69 Å². The Balaban J connectivity index is 1.38. The van der Waals surface area contributed by atoms with Gasteiger partial charge in [-0.3, -0.25) is 9.59 Å². The third-order valence-electron chi connectivity index (χ3n) is 5.84. The fraction of sp³-hybridized carbons (Fsp3) is 0.364. The van der Waals surface area contributed by atoms with Crippen molar-refractivity contribution in [3.05, 3.63) is 53.6 Å². The van der Waals surface area contributed by atoms with Crippen LogP contribution in [0.1, 0.15) is 6.42 Å². The van der Waals surface area contributed by atoms with Crippen LogP contribution in [0.3, 0.4) is 0 Å². The molecule has 0 N–H and O–H groups in total. The number of sulfonamides is 1. The van der Waals surface area contributed by atoms with Gasteiger partial charge < -0.3 is 14.5 Å². The summed E-state index contributed by atoms with van der Waals surface area (Å²) >= 11 is 5.85. The summed E-state index contributed by atoms with van der Waals surface area (Å²) < 4.78 is 32.3. The molecule has 32 heavy (non-hydrogen) atoms. The maximum atomic E-state index is 13.0. The maximum absolute atomic E-state index is 13.0. The number of methoxy groups -OCH3 is 1. The molecular formula is C22H24ClN3O5S. The number of hydrogen-bond acceptors (Lipinski definition) is 5. The van der Waals surface area contributed by atoms with Gasteiger partial charge in [-0.05, 0) is 36.4 Å². The third-order valence-corrected chi connectivity index (χ3v) is 8.01. The summed E-state index contributed by atoms with van der Waals surface area (Å²) in [6.45, 7) is 1.28. The Morgan fingerprint density at radius 2 is 1.75 bits per heavy atom. The Bertz CT molecular complexity index is 1110. The predicted molar refractivity (Wildman–Crippen MR) is 120 cm³/mol. The van der Waals surface area contributed by atoms with Crippen molar-refractivity contribution >= 4 is 39.1 Å². The zero-order valence-electron chi connectivity index (χ0n) is 17.6. The molecule has 0 spiro atoms. The molecule has 10 heteroatoms. The molecule has 4 rings (SSSR count). The summed E-state index contributed by atoms with van der Waals surface area (Å²) in [4.78, 5) is 29.0. The van der Waals surface area contributed by atoms with Gasteiger partial charge >= 0.3 is 0 Å². The normalized spacial score (nSPS) is 19.9. The number of benzene rings is 2. The first-order valence-corrected chi connectivity index (χ1v) is 12.1. The number of ether oxygens (including phenoxy) is 1. The van der Waals surface area contributed by atoms with E-state index in [4.69, 9.17) is 16.3 Å². The number of nitrogens with zero attached hydrogens (tertiary/aromatic N) is 3. The van der Waals surface area contributed by atoms with Gasteiger partial charge in [-0.25, -0.2) is 8.42 Å². The van der Waals surface area contributed by atoms with E-state index < -0.39 is 15.9 Å². The summed E-state index contributed by atoms with van der Waals surface area (Å²) in [5.74, 6) is -0.0379. The molecule has 0 aliphatic carbocycles. The lowest BCUT2D eigenvalue weighted by Crippen LogP contribution is -2.52. The van der Waals surface area contributed by atoms with Crippen LogP contribution in [0.15, 0.2) is 53.4 Å². The monoisotopic (exact) mass is 477 g/mol. The second-order valence-electron chi connectivity index (χ2n) is 7.79. The van der Waals surface area contributed by atoms with Gasteiger partial charge in [0.1, 0.15) is 5.75 Å². The molecular weight excluding hydrogens is 454 g/mol. The van der Waals surface area contributed by atoms with Gasteiger partial charge in [0.25, 0.3) is 0 Å². The van der Waals surface area contributed by atoms with Crippen LogP contribution < -0.4 is 9.64 Å². The zero-order valence-corrected chi connectivity index (χ0v) is 19.2. The van der Waals surface area contributed by atoms with Crippen molar-refractivity contribution in [2.75, 3.05) is 44.7 Å². The smallest absolute Gasteiger partial charge is 0.243 e. The summed E-state index contributed by atoms with van der Waals surface area (Å²) in [7, 11) is -2.09. The van der Waals surface area contributed by atoms with Gasteiger partial charge in [-0.15, -0.1) is 0 Å². The highest BCUT2D eigenvalue weighted by Gasteiger charge is 2.39. The van der Waals surface area contributed by atoms with Gasteiger partial charge in [0, 0.05) is 55.9 Å². The molecule has 2 aromatic carbocycles. The fourth-order valence-corrected chi connectivity index (χ4v) is 5.61. The van der Waals surface area contributed by atoms with Crippen molar-refractivity contribution in [1.29, 1.82) is 0 Å². The number of carbonyl (C=O) groups is 2. The van der Waals surface area contributed by atoms with Crippen LogP contribution in [0.2, 0.25) is 5.02 Å². The first-order chi connectivity index (χ1) is 15.3. The van der Waals surface area contributed by atoms with E-state index in [2.05, 4.69) is 0 Å². The van der Waals surface area contributed by atoms with E-state index >= 15 is 0 Å². The number of piperazine rings is 1. The topological polar surface area (TPSA) is 87.2 Å². The molecule has 2 aliphatic heterocycles. The van der Waals surface area contributed by atoms with Crippen LogP contribution in [0.5, 0.6) is 5.75 Å². The number of rotatable bonds is 5. The number of halogens is 1. The molecule has 0 bridgehead atoms. The van der Waals surface area contributed by atoms with E-state index in [9.17, 15) is 18.0 Å².